The summed E-state index contributed by atoms with van der Waals surface area (Å²) in [5.41, 5.74) is 6.26. The summed E-state index contributed by atoms with van der Waals surface area (Å²) in [5, 5.41) is 9.66. The summed E-state index contributed by atoms with van der Waals surface area (Å²) in [4.78, 5) is 3.94. The fraction of sp³-hybridized carbons (Fsp3) is 0.300. The van der Waals surface area contributed by atoms with Gasteiger partial charge in [0.25, 0.3) is 0 Å². The predicted molar refractivity (Wildman–Crippen MR) is 61.0 cm³/mol. The minimum absolute atomic E-state index is 0.456. The lowest BCUT2D eigenvalue weighted by molar-refractivity contribution is 0.188. The molecular formula is C10H13BrN2O. The molecule has 0 aromatic heterocycles. The van der Waals surface area contributed by atoms with Crippen LogP contribution in [0.2, 0.25) is 0 Å². The summed E-state index contributed by atoms with van der Waals surface area (Å²) in [5.74, 6) is 0.456. The normalized spacial score (nSPS) is 14.1. The van der Waals surface area contributed by atoms with E-state index in [2.05, 4.69) is 20.9 Å². The third-order valence-electron chi connectivity index (χ3n) is 1.80. The Bertz CT molecular complexity index is 339. The van der Waals surface area contributed by atoms with Gasteiger partial charge in [0.2, 0.25) is 0 Å². The molecule has 76 valence electrons. The maximum atomic E-state index is 9.66. The highest BCUT2D eigenvalue weighted by atomic mass is 79.9. The third-order valence-corrected chi connectivity index (χ3v) is 2.29. The maximum absolute atomic E-state index is 9.66. The monoisotopic (exact) mass is 256 g/mol. The number of aliphatic hydroxyl groups excluding tert-OH is 1. The van der Waals surface area contributed by atoms with Crippen molar-refractivity contribution in [2.45, 2.75) is 19.6 Å². The molecule has 0 aliphatic carbocycles. The van der Waals surface area contributed by atoms with E-state index in [1.807, 2.05) is 31.2 Å². The van der Waals surface area contributed by atoms with E-state index in [4.69, 9.17) is 5.73 Å². The molecule has 14 heavy (non-hydrogen) atoms. The Morgan fingerprint density at radius 1 is 1.64 bits per heavy atom. The Labute approximate surface area is 91.8 Å². The molecule has 3 N–H and O–H groups in total. The first-order chi connectivity index (χ1) is 6.63. The molecule has 0 radical (unpaired) electrons. The van der Waals surface area contributed by atoms with Crippen LogP contribution in [-0.2, 0) is 0 Å². The molecule has 0 aliphatic heterocycles. The molecule has 0 fully saturated rings. The van der Waals surface area contributed by atoms with Gasteiger partial charge in [-0.1, -0.05) is 35.0 Å². The van der Waals surface area contributed by atoms with Crippen molar-refractivity contribution >= 4 is 21.8 Å². The van der Waals surface area contributed by atoms with Gasteiger partial charge in [-0.15, -0.1) is 0 Å². The first-order valence-corrected chi connectivity index (χ1v) is 5.18. The molecule has 1 atom stereocenters. The van der Waals surface area contributed by atoms with Crippen molar-refractivity contribution < 1.29 is 5.11 Å². The van der Waals surface area contributed by atoms with E-state index in [9.17, 15) is 5.11 Å². The van der Waals surface area contributed by atoms with Crippen molar-refractivity contribution in [2.75, 3.05) is 0 Å². The minimum Gasteiger partial charge on any atom is -0.387 e. The number of aliphatic imine (C=N–C) groups is 1. The fourth-order valence-electron chi connectivity index (χ4n) is 0.990. The van der Waals surface area contributed by atoms with E-state index in [-0.39, 0.29) is 0 Å². The second-order valence-electron chi connectivity index (χ2n) is 2.90. The molecule has 1 aromatic rings. The van der Waals surface area contributed by atoms with Gasteiger partial charge in [-0.05, 0) is 12.1 Å². The molecule has 0 saturated carbocycles. The molecule has 1 aromatic carbocycles. The van der Waals surface area contributed by atoms with Crippen LogP contribution in [-0.4, -0.2) is 10.9 Å². The summed E-state index contributed by atoms with van der Waals surface area (Å²) in [6.07, 6.45) is -0.224. The molecule has 3 nitrogen and oxygen atoms in total. The van der Waals surface area contributed by atoms with Gasteiger partial charge in [-0.2, -0.15) is 0 Å². The first kappa shape index (κ1) is 11.2. The van der Waals surface area contributed by atoms with Crippen molar-refractivity contribution in [2.24, 2.45) is 10.7 Å². The van der Waals surface area contributed by atoms with Crippen molar-refractivity contribution in [3.8, 4) is 0 Å². The zero-order chi connectivity index (χ0) is 10.6. The highest BCUT2D eigenvalue weighted by Gasteiger charge is 2.05. The highest BCUT2D eigenvalue weighted by molar-refractivity contribution is 9.10. The second kappa shape index (κ2) is 5.12. The molecule has 0 amide bonds. The molecule has 1 unspecified atom stereocenters. The molecule has 0 bridgehead atoms. The van der Waals surface area contributed by atoms with E-state index in [0.29, 0.717) is 12.3 Å². The summed E-state index contributed by atoms with van der Waals surface area (Å²) >= 11 is 3.32. The number of nitrogens with two attached hydrogens (primary N) is 1. The number of halogens is 1. The Morgan fingerprint density at radius 3 is 2.93 bits per heavy atom. The van der Waals surface area contributed by atoms with Crippen molar-refractivity contribution in [3.63, 3.8) is 0 Å². The molecule has 0 aliphatic rings. The summed E-state index contributed by atoms with van der Waals surface area (Å²) in [6, 6.07) is 7.36. The molecular weight excluding hydrogens is 244 g/mol. The van der Waals surface area contributed by atoms with Gasteiger partial charge in [0.1, 0.15) is 0 Å². The van der Waals surface area contributed by atoms with Crippen molar-refractivity contribution in [3.05, 3.63) is 34.3 Å². The Kier molecular flexibility index (Phi) is 4.10. The SMILES string of the molecule is CCC(N)=NC(O)c1cccc(Br)c1. The number of aliphatic hydroxyl groups is 1. The predicted octanol–water partition coefficient (Wildman–Crippen LogP) is 2.21. The van der Waals surface area contributed by atoms with Crippen LogP contribution in [0, 0.1) is 0 Å². The van der Waals surface area contributed by atoms with Crippen LogP contribution in [0.5, 0.6) is 0 Å². The van der Waals surface area contributed by atoms with Gasteiger partial charge in [0.15, 0.2) is 6.23 Å². The minimum atomic E-state index is -0.868. The van der Waals surface area contributed by atoms with E-state index in [0.717, 1.165) is 10.0 Å². The second-order valence-corrected chi connectivity index (χ2v) is 3.82. The molecule has 0 saturated heterocycles. The molecule has 4 heteroatoms. The van der Waals surface area contributed by atoms with Crippen LogP contribution in [0.1, 0.15) is 25.1 Å². The number of nitrogens with zero attached hydrogens (tertiary/aromatic N) is 1. The van der Waals surface area contributed by atoms with Crippen molar-refractivity contribution in [1.29, 1.82) is 0 Å². The first-order valence-electron chi connectivity index (χ1n) is 4.39. The quantitative estimate of drug-likeness (QED) is 0.644. The fourth-order valence-corrected chi connectivity index (χ4v) is 1.41. The zero-order valence-electron chi connectivity index (χ0n) is 7.94. The van der Waals surface area contributed by atoms with Crippen LogP contribution in [0.25, 0.3) is 0 Å². The van der Waals surface area contributed by atoms with Gasteiger partial charge >= 0.3 is 0 Å². The number of hydrogen-bond donors (Lipinski definition) is 2. The van der Waals surface area contributed by atoms with E-state index in [1.54, 1.807) is 0 Å². The average molecular weight is 257 g/mol. The standard InChI is InChI=1S/C10H13BrN2O/c1-2-9(12)13-10(14)7-4-3-5-8(11)6-7/h3-6,10,14H,2H2,1H3,(H2,12,13). The van der Waals surface area contributed by atoms with Crippen LogP contribution >= 0.6 is 15.9 Å². The lowest BCUT2D eigenvalue weighted by Gasteiger charge is -2.07. The zero-order valence-corrected chi connectivity index (χ0v) is 9.53. The highest BCUT2D eigenvalue weighted by Crippen LogP contribution is 2.18. The summed E-state index contributed by atoms with van der Waals surface area (Å²) < 4.78 is 0.916. The van der Waals surface area contributed by atoms with E-state index < -0.39 is 6.23 Å². The summed E-state index contributed by atoms with van der Waals surface area (Å²) in [6.45, 7) is 1.90. The summed E-state index contributed by atoms with van der Waals surface area (Å²) in [7, 11) is 0. The maximum Gasteiger partial charge on any atom is 0.173 e. The number of amidine groups is 1. The van der Waals surface area contributed by atoms with Crippen LogP contribution in [0.15, 0.2) is 33.7 Å². The lowest BCUT2D eigenvalue weighted by Crippen LogP contribution is -2.11. The van der Waals surface area contributed by atoms with Crippen molar-refractivity contribution in [1.82, 2.24) is 0 Å². The Hall–Kier alpha value is -0.870. The van der Waals surface area contributed by atoms with Gasteiger partial charge < -0.3 is 10.8 Å². The number of rotatable bonds is 3. The molecule has 0 spiro atoms. The smallest absolute Gasteiger partial charge is 0.173 e. The van der Waals surface area contributed by atoms with E-state index >= 15 is 0 Å². The van der Waals surface area contributed by atoms with Crippen LogP contribution in [0.3, 0.4) is 0 Å². The van der Waals surface area contributed by atoms with Gasteiger partial charge in [-0.3, -0.25) is 0 Å². The topological polar surface area (TPSA) is 58.6 Å². The largest absolute Gasteiger partial charge is 0.387 e. The van der Waals surface area contributed by atoms with Crippen LogP contribution < -0.4 is 5.73 Å². The average Bonchev–Trinajstić information content (AvgIpc) is 2.17. The Morgan fingerprint density at radius 2 is 2.36 bits per heavy atom. The van der Waals surface area contributed by atoms with Gasteiger partial charge in [0.05, 0.1) is 5.84 Å². The van der Waals surface area contributed by atoms with E-state index in [1.165, 1.54) is 0 Å². The number of benzene rings is 1. The van der Waals surface area contributed by atoms with Crippen LogP contribution in [0.4, 0.5) is 0 Å². The van der Waals surface area contributed by atoms with Gasteiger partial charge in [0, 0.05) is 16.5 Å². The molecule has 0 heterocycles. The number of hydrogen-bond acceptors (Lipinski definition) is 2. The Balaban J connectivity index is 2.84. The lowest BCUT2D eigenvalue weighted by atomic mass is 10.2. The molecule has 1 rings (SSSR count). The third kappa shape index (κ3) is 3.12. The van der Waals surface area contributed by atoms with Gasteiger partial charge in [-0.25, -0.2) is 4.99 Å².